The van der Waals surface area contributed by atoms with Crippen molar-refractivity contribution >= 4 is 27.3 Å². The molecule has 0 saturated heterocycles. The summed E-state index contributed by atoms with van der Waals surface area (Å²) >= 11 is 3.44. The van der Waals surface area contributed by atoms with E-state index >= 15 is 0 Å². The van der Waals surface area contributed by atoms with Crippen LogP contribution in [0.3, 0.4) is 0 Å². The van der Waals surface area contributed by atoms with Gasteiger partial charge in [0.15, 0.2) is 0 Å². The van der Waals surface area contributed by atoms with Crippen molar-refractivity contribution in [1.82, 2.24) is 0 Å². The molecule has 0 aliphatic heterocycles. The van der Waals surface area contributed by atoms with Gasteiger partial charge in [-0.3, -0.25) is 0 Å². The van der Waals surface area contributed by atoms with Gasteiger partial charge >= 0.3 is 0 Å². The van der Waals surface area contributed by atoms with Crippen molar-refractivity contribution < 1.29 is 5.11 Å². The minimum Gasteiger partial charge on any atom is -0.507 e. The first kappa shape index (κ1) is 15.9. The molecule has 0 bridgehead atoms. The van der Waals surface area contributed by atoms with Crippen molar-refractivity contribution in [3.8, 4) is 5.75 Å². The Kier molecular flexibility index (Phi) is 4.94. The largest absolute Gasteiger partial charge is 0.507 e. The number of benzene rings is 2. The fraction of sp³-hybridized carbons (Fsp3) is 0.333. The molecule has 3 heteroatoms. The lowest BCUT2D eigenvalue weighted by Gasteiger charge is -2.18. The summed E-state index contributed by atoms with van der Waals surface area (Å²) < 4.78 is 1.06. The molecule has 0 atom stereocenters. The van der Waals surface area contributed by atoms with Gasteiger partial charge in [0.05, 0.1) is 0 Å². The Hall–Kier alpha value is -1.48. The first-order valence-corrected chi connectivity index (χ1v) is 8.07. The molecule has 0 aromatic heterocycles. The second-order valence-electron chi connectivity index (χ2n) is 5.94. The maximum Gasteiger partial charge on any atom is 0.122 e. The van der Waals surface area contributed by atoms with Crippen LogP contribution in [0, 0.1) is 0 Å². The third kappa shape index (κ3) is 3.79. The lowest BCUT2D eigenvalue weighted by atomic mass is 9.93. The Bertz CT molecular complexity index is 589. The molecule has 2 rings (SSSR count). The molecule has 0 aliphatic carbocycles. The van der Waals surface area contributed by atoms with Gasteiger partial charge in [-0.25, -0.2) is 0 Å². The number of hydrogen-bond acceptors (Lipinski definition) is 2. The summed E-state index contributed by atoms with van der Waals surface area (Å²) in [5.41, 5.74) is 4.03. The molecule has 112 valence electrons. The number of rotatable bonds is 4. The fourth-order valence-electron chi connectivity index (χ4n) is 2.33. The average Bonchev–Trinajstić information content (AvgIpc) is 2.42. The standard InChI is InChI=1S/C18H22BrNO/c1-11(2)16-9-15(10-17(12(3)4)18(16)21)20-14-7-5-13(19)6-8-14/h5-12,20-21H,1-4H3. The lowest BCUT2D eigenvalue weighted by Crippen LogP contribution is -1.99. The van der Waals surface area contributed by atoms with Crippen LogP contribution in [-0.2, 0) is 0 Å². The van der Waals surface area contributed by atoms with Gasteiger partial charge in [0.25, 0.3) is 0 Å². The normalized spacial score (nSPS) is 11.2. The molecule has 0 amide bonds. The molecule has 0 unspecified atom stereocenters. The maximum absolute atomic E-state index is 10.4. The summed E-state index contributed by atoms with van der Waals surface area (Å²) in [4.78, 5) is 0. The second kappa shape index (κ2) is 6.52. The van der Waals surface area contributed by atoms with E-state index in [1.54, 1.807) is 0 Å². The summed E-state index contributed by atoms with van der Waals surface area (Å²) in [6.07, 6.45) is 0. The van der Waals surface area contributed by atoms with Gasteiger partial charge in [0.2, 0.25) is 0 Å². The van der Waals surface area contributed by atoms with Crippen LogP contribution in [0.4, 0.5) is 11.4 Å². The number of hydrogen-bond donors (Lipinski definition) is 2. The van der Waals surface area contributed by atoms with Crippen LogP contribution in [0.5, 0.6) is 5.75 Å². The van der Waals surface area contributed by atoms with Crippen LogP contribution in [0.2, 0.25) is 0 Å². The van der Waals surface area contributed by atoms with E-state index in [2.05, 4.69) is 48.9 Å². The number of phenolic OH excluding ortho intramolecular Hbond substituents is 1. The average molecular weight is 348 g/mol. The first-order chi connectivity index (χ1) is 9.88. The number of aromatic hydroxyl groups is 1. The predicted molar refractivity (Wildman–Crippen MR) is 93.7 cm³/mol. The molecule has 0 aliphatic rings. The van der Waals surface area contributed by atoms with E-state index in [9.17, 15) is 5.11 Å². The fourth-order valence-corrected chi connectivity index (χ4v) is 2.60. The smallest absolute Gasteiger partial charge is 0.122 e. The molecule has 2 nitrogen and oxygen atoms in total. The third-order valence-electron chi connectivity index (χ3n) is 3.55. The minimum atomic E-state index is 0.286. The van der Waals surface area contributed by atoms with Gasteiger partial charge in [0, 0.05) is 15.8 Å². The second-order valence-corrected chi connectivity index (χ2v) is 6.86. The number of phenols is 1. The van der Waals surface area contributed by atoms with Gasteiger partial charge in [-0.1, -0.05) is 43.6 Å². The highest BCUT2D eigenvalue weighted by Gasteiger charge is 2.15. The van der Waals surface area contributed by atoms with Crippen LogP contribution >= 0.6 is 15.9 Å². The van der Waals surface area contributed by atoms with Crippen molar-refractivity contribution in [2.24, 2.45) is 0 Å². The van der Waals surface area contributed by atoms with E-state index in [0.29, 0.717) is 5.75 Å². The van der Waals surface area contributed by atoms with Crippen LogP contribution in [0.15, 0.2) is 40.9 Å². The van der Waals surface area contributed by atoms with E-state index in [1.165, 1.54) is 0 Å². The van der Waals surface area contributed by atoms with Crippen molar-refractivity contribution in [1.29, 1.82) is 0 Å². The van der Waals surface area contributed by atoms with Crippen molar-refractivity contribution in [3.05, 3.63) is 52.0 Å². The summed E-state index contributed by atoms with van der Waals surface area (Å²) in [5.74, 6) is 1.00. The molecule has 0 saturated carbocycles. The molecule has 21 heavy (non-hydrogen) atoms. The number of anilines is 2. The van der Waals surface area contributed by atoms with E-state index < -0.39 is 0 Å². The molecule has 2 aromatic rings. The monoisotopic (exact) mass is 347 g/mol. The van der Waals surface area contributed by atoms with E-state index in [1.807, 2.05) is 36.4 Å². The zero-order valence-electron chi connectivity index (χ0n) is 12.9. The molecule has 0 radical (unpaired) electrons. The van der Waals surface area contributed by atoms with Crippen LogP contribution < -0.4 is 5.32 Å². The SMILES string of the molecule is CC(C)c1cc(Nc2ccc(Br)cc2)cc(C(C)C)c1O. The molecule has 0 spiro atoms. The quantitative estimate of drug-likeness (QED) is 0.650. The van der Waals surface area contributed by atoms with Crippen LogP contribution in [0.25, 0.3) is 0 Å². The van der Waals surface area contributed by atoms with Gasteiger partial charge in [0.1, 0.15) is 5.75 Å². The van der Waals surface area contributed by atoms with Crippen molar-refractivity contribution in [2.45, 2.75) is 39.5 Å². The maximum atomic E-state index is 10.4. The van der Waals surface area contributed by atoms with Gasteiger partial charge in [-0.15, -0.1) is 0 Å². The first-order valence-electron chi connectivity index (χ1n) is 7.28. The summed E-state index contributed by atoms with van der Waals surface area (Å²) in [5, 5.41) is 13.8. The molecule has 2 N–H and O–H groups in total. The highest BCUT2D eigenvalue weighted by Crippen LogP contribution is 2.37. The lowest BCUT2D eigenvalue weighted by molar-refractivity contribution is 0.454. The van der Waals surface area contributed by atoms with Crippen molar-refractivity contribution in [3.63, 3.8) is 0 Å². The summed E-state index contributed by atoms with van der Waals surface area (Å²) in [7, 11) is 0. The van der Waals surface area contributed by atoms with E-state index in [-0.39, 0.29) is 11.8 Å². The Morgan fingerprint density at radius 2 is 1.33 bits per heavy atom. The Morgan fingerprint density at radius 3 is 1.76 bits per heavy atom. The molecular formula is C18H22BrNO. The van der Waals surface area contributed by atoms with Crippen LogP contribution in [-0.4, -0.2) is 5.11 Å². The van der Waals surface area contributed by atoms with E-state index in [0.717, 1.165) is 27.0 Å². The number of nitrogens with one attached hydrogen (secondary N) is 1. The van der Waals surface area contributed by atoms with Crippen LogP contribution in [0.1, 0.15) is 50.7 Å². The zero-order valence-corrected chi connectivity index (χ0v) is 14.5. The molecule has 2 aromatic carbocycles. The summed E-state index contributed by atoms with van der Waals surface area (Å²) in [6, 6.07) is 12.1. The highest BCUT2D eigenvalue weighted by atomic mass is 79.9. The Balaban J connectivity index is 2.41. The third-order valence-corrected chi connectivity index (χ3v) is 4.07. The predicted octanol–water partition coefficient (Wildman–Crippen LogP) is 6.15. The van der Waals surface area contributed by atoms with Gasteiger partial charge in [-0.2, -0.15) is 0 Å². The molecular weight excluding hydrogens is 326 g/mol. The van der Waals surface area contributed by atoms with Gasteiger partial charge in [-0.05, 0) is 59.4 Å². The van der Waals surface area contributed by atoms with E-state index in [4.69, 9.17) is 0 Å². The van der Waals surface area contributed by atoms with Gasteiger partial charge < -0.3 is 10.4 Å². The Labute approximate surface area is 135 Å². The molecule has 0 heterocycles. The Morgan fingerprint density at radius 1 is 0.857 bits per heavy atom. The molecule has 0 fully saturated rings. The minimum absolute atomic E-state index is 0.286. The number of halogens is 1. The highest BCUT2D eigenvalue weighted by molar-refractivity contribution is 9.10. The topological polar surface area (TPSA) is 32.3 Å². The summed E-state index contributed by atoms with van der Waals surface area (Å²) in [6.45, 7) is 8.40. The van der Waals surface area contributed by atoms with Crippen molar-refractivity contribution in [2.75, 3.05) is 5.32 Å². The zero-order chi connectivity index (χ0) is 15.6.